The van der Waals surface area contributed by atoms with E-state index in [1.807, 2.05) is 11.3 Å². The Morgan fingerprint density at radius 3 is 3.36 bits per heavy atom. The molecule has 11 heavy (non-hydrogen) atoms. The lowest BCUT2D eigenvalue weighted by molar-refractivity contribution is 0.952. The van der Waals surface area contributed by atoms with Crippen molar-refractivity contribution in [3.05, 3.63) is 21.9 Å². The number of thiophene rings is 1. The predicted octanol–water partition coefficient (Wildman–Crippen LogP) is 2.50. The first-order valence-corrected chi connectivity index (χ1v) is 4.90. The van der Waals surface area contributed by atoms with Crippen molar-refractivity contribution in [1.82, 2.24) is 0 Å². The van der Waals surface area contributed by atoms with Gasteiger partial charge in [-0.1, -0.05) is 6.92 Å². The molecule has 58 valence electrons. The van der Waals surface area contributed by atoms with Crippen molar-refractivity contribution < 1.29 is 0 Å². The summed E-state index contributed by atoms with van der Waals surface area (Å²) in [5.74, 6) is 0. The molecule has 1 aliphatic heterocycles. The lowest BCUT2D eigenvalue weighted by Crippen LogP contribution is -2.08. The molecule has 0 N–H and O–H groups in total. The number of aliphatic imine (C=N–C) groups is 1. The summed E-state index contributed by atoms with van der Waals surface area (Å²) in [6, 6.07) is 2.20. The van der Waals surface area contributed by atoms with Gasteiger partial charge in [0.25, 0.3) is 0 Å². The van der Waals surface area contributed by atoms with Crippen LogP contribution >= 0.6 is 11.3 Å². The van der Waals surface area contributed by atoms with Gasteiger partial charge >= 0.3 is 0 Å². The van der Waals surface area contributed by atoms with Gasteiger partial charge in [0.1, 0.15) is 0 Å². The molecule has 0 fully saturated rings. The van der Waals surface area contributed by atoms with Crippen molar-refractivity contribution in [2.24, 2.45) is 4.99 Å². The fraction of sp³-hybridized carbons (Fsp3) is 0.444. The average molecular weight is 165 g/mol. The molecule has 2 heterocycles. The first kappa shape index (κ1) is 7.04. The molecule has 0 aliphatic carbocycles. The van der Waals surface area contributed by atoms with E-state index in [9.17, 15) is 0 Å². The minimum Gasteiger partial charge on any atom is -0.289 e. The van der Waals surface area contributed by atoms with Gasteiger partial charge < -0.3 is 0 Å². The highest BCUT2D eigenvalue weighted by atomic mass is 32.1. The minimum atomic E-state index is 0.997. The Morgan fingerprint density at radius 1 is 1.64 bits per heavy atom. The maximum atomic E-state index is 4.48. The van der Waals surface area contributed by atoms with E-state index >= 15 is 0 Å². The Balaban J connectivity index is 2.45. The number of hydrogen-bond donors (Lipinski definition) is 0. The summed E-state index contributed by atoms with van der Waals surface area (Å²) in [5, 5.41) is 2.17. The van der Waals surface area contributed by atoms with Gasteiger partial charge in [-0.2, -0.15) is 0 Å². The van der Waals surface area contributed by atoms with Gasteiger partial charge in [-0.3, -0.25) is 4.99 Å². The van der Waals surface area contributed by atoms with E-state index < -0.39 is 0 Å². The zero-order valence-electron chi connectivity index (χ0n) is 6.63. The summed E-state index contributed by atoms with van der Waals surface area (Å²) in [6.45, 7) is 3.17. The third-order valence-corrected chi connectivity index (χ3v) is 3.01. The van der Waals surface area contributed by atoms with Crippen LogP contribution in [-0.2, 0) is 6.42 Å². The van der Waals surface area contributed by atoms with Crippen LogP contribution in [0.1, 0.15) is 23.8 Å². The van der Waals surface area contributed by atoms with Crippen LogP contribution in [0, 0.1) is 0 Å². The standard InChI is InChI=1S/C9H11NS/c1-2-8-7-4-6-11-9(7)3-5-10-8/h4,6H,2-3,5H2,1H3. The lowest BCUT2D eigenvalue weighted by Gasteiger charge is -2.10. The Labute approximate surface area is 70.8 Å². The molecular weight excluding hydrogens is 154 g/mol. The maximum absolute atomic E-state index is 4.48. The molecule has 0 spiro atoms. The minimum absolute atomic E-state index is 0.997. The summed E-state index contributed by atoms with van der Waals surface area (Å²) in [5.41, 5.74) is 2.70. The maximum Gasteiger partial charge on any atom is 0.0441 e. The van der Waals surface area contributed by atoms with Crippen LogP contribution < -0.4 is 0 Å². The van der Waals surface area contributed by atoms with Crippen LogP contribution in [0.2, 0.25) is 0 Å². The van der Waals surface area contributed by atoms with E-state index in [2.05, 4.69) is 23.4 Å². The van der Waals surface area contributed by atoms with Crippen LogP contribution in [0.4, 0.5) is 0 Å². The molecule has 1 aromatic heterocycles. The Hall–Kier alpha value is -0.630. The lowest BCUT2D eigenvalue weighted by atomic mass is 10.1. The third kappa shape index (κ3) is 1.11. The van der Waals surface area contributed by atoms with Crippen molar-refractivity contribution in [3.63, 3.8) is 0 Å². The van der Waals surface area contributed by atoms with E-state index in [-0.39, 0.29) is 0 Å². The third-order valence-electron chi connectivity index (χ3n) is 2.03. The fourth-order valence-electron chi connectivity index (χ4n) is 1.47. The van der Waals surface area contributed by atoms with Gasteiger partial charge in [0.05, 0.1) is 0 Å². The van der Waals surface area contributed by atoms with E-state index in [1.165, 1.54) is 16.2 Å². The molecule has 1 nitrogen and oxygen atoms in total. The van der Waals surface area contributed by atoms with Gasteiger partial charge in [0.2, 0.25) is 0 Å². The zero-order chi connectivity index (χ0) is 7.68. The van der Waals surface area contributed by atoms with Crippen molar-refractivity contribution in [3.8, 4) is 0 Å². The SMILES string of the molecule is CCC1=NCCc2sccc21. The van der Waals surface area contributed by atoms with Crippen LogP contribution in [0.25, 0.3) is 0 Å². The molecule has 1 aliphatic rings. The van der Waals surface area contributed by atoms with E-state index in [1.54, 1.807) is 0 Å². The molecular formula is C9H11NS. The quantitative estimate of drug-likeness (QED) is 0.606. The molecule has 2 rings (SSSR count). The van der Waals surface area contributed by atoms with Crippen LogP contribution in [-0.4, -0.2) is 12.3 Å². The normalized spacial score (nSPS) is 15.9. The highest BCUT2D eigenvalue weighted by molar-refractivity contribution is 7.10. The molecule has 0 amide bonds. The van der Waals surface area contributed by atoms with E-state index in [0.717, 1.165) is 19.4 Å². The van der Waals surface area contributed by atoms with Gasteiger partial charge in [0, 0.05) is 29.1 Å². The van der Waals surface area contributed by atoms with Gasteiger partial charge in [0.15, 0.2) is 0 Å². The predicted molar refractivity (Wildman–Crippen MR) is 49.7 cm³/mol. The molecule has 0 saturated carbocycles. The summed E-state index contributed by atoms with van der Waals surface area (Å²) in [4.78, 5) is 6.01. The molecule has 0 aromatic carbocycles. The van der Waals surface area contributed by atoms with Crippen LogP contribution in [0.5, 0.6) is 0 Å². The summed E-state index contributed by atoms with van der Waals surface area (Å²) in [6.07, 6.45) is 2.22. The average Bonchev–Trinajstić information content (AvgIpc) is 2.50. The summed E-state index contributed by atoms with van der Waals surface area (Å²) >= 11 is 1.86. The van der Waals surface area contributed by atoms with Crippen molar-refractivity contribution in [1.29, 1.82) is 0 Å². The second-order valence-electron chi connectivity index (χ2n) is 2.69. The summed E-state index contributed by atoms with van der Waals surface area (Å²) in [7, 11) is 0. The highest BCUT2D eigenvalue weighted by Crippen LogP contribution is 2.22. The van der Waals surface area contributed by atoms with Gasteiger partial charge in [-0.25, -0.2) is 0 Å². The monoisotopic (exact) mass is 165 g/mol. The molecule has 0 saturated heterocycles. The largest absolute Gasteiger partial charge is 0.289 e. The fourth-order valence-corrected chi connectivity index (χ4v) is 2.36. The second kappa shape index (κ2) is 2.78. The Morgan fingerprint density at radius 2 is 2.55 bits per heavy atom. The van der Waals surface area contributed by atoms with Gasteiger partial charge in [-0.15, -0.1) is 11.3 Å². The molecule has 0 bridgehead atoms. The number of rotatable bonds is 1. The first-order valence-electron chi connectivity index (χ1n) is 4.02. The van der Waals surface area contributed by atoms with Crippen LogP contribution in [0.3, 0.4) is 0 Å². The molecule has 0 unspecified atom stereocenters. The topological polar surface area (TPSA) is 12.4 Å². The molecule has 0 atom stereocenters. The second-order valence-corrected chi connectivity index (χ2v) is 3.69. The highest BCUT2D eigenvalue weighted by Gasteiger charge is 2.12. The zero-order valence-corrected chi connectivity index (χ0v) is 7.45. The van der Waals surface area contributed by atoms with Crippen molar-refractivity contribution in [2.45, 2.75) is 19.8 Å². The van der Waals surface area contributed by atoms with Crippen molar-refractivity contribution >= 4 is 17.0 Å². The van der Waals surface area contributed by atoms with Gasteiger partial charge in [-0.05, 0) is 17.9 Å². The molecule has 1 aromatic rings. The Bertz CT molecular complexity index is 286. The van der Waals surface area contributed by atoms with E-state index in [0.29, 0.717) is 0 Å². The number of hydrogen-bond acceptors (Lipinski definition) is 2. The number of fused-ring (bicyclic) bond motifs is 1. The molecule has 0 radical (unpaired) electrons. The van der Waals surface area contributed by atoms with Crippen LogP contribution in [0.15, 0.2) is 16.4 Å². The Kier molecular flexibility index (Phi) is 1.78. The van der Waals surface area contributed by atoms with E-state index in [4.69, 9.17) is 0 Å². The smallest absolute Gasteiger partial charge is 0.0441 e. The first-order chi connectivity index (χ1) is 5.42. The van der Waals surface area contributed by atoms with Crippen molar-refractivity contribution in [2.75, 3.05) is 6.54 Å². The summed E-state index contributed by atoms with van der Waals surface area (Å²) < 4.78 is 0. The number of nitrogens with zero attached hydrogens (tertiary/aromatic N) is 1. The molecule has 2 heteroatoms.